The first-order valence-electron chi connectivity index (χ1n) is 6.49. The van der Waals surface area contributed by atoms with Crippen molar-refractivity contribution in [3.8, 4) is 0 Å². The molecule has 1 aromatic carbocycles. The van der Waals surface area contributed by atoms with E-state index < -0.39 is 10.0 Å². The van der Waals surface area contributed by atoms with Gasteiger partial charge in [0.25, 0.3) is 0 Å². The Morgan fingerprint density at radius 1 is 1.25 bits per heavy atom. The maximum absolute atomic E-state index is 11.4. The average molecular weight is 337 g/mol. The Hall–Kier alpha value is -0.330. The molecular weight excluding hydrogens is 319 g/mol. The van der Waals surface area contributed by atoms with Crippen molar-refractivity contribution in [3.63, 3.8) is 0 Å². The molecule has 1 aliphatic rings. The summed E-state index contributed by atoms with van der Waals surface area (Å²) >= 11 is 12.2. The lowest BCUT2D eigenvalue weighted by Crippen LogP contribution is -2.44. The van der Waals surface area contributed by atoms with Crippen LogP contribution in [0.3, 0.4) is 0 Å². The van der Waals surface area contributed by atoms with Gasteiger partial charge in [-0.15, -0.1) is 0 Å². The Bertz CT molecular complexity index is 549. The molecular formula is C13H18Cl2N2O2S. The van der Waals surface area contributed by atoms with Crippen molar-refractivity contribution in [2.24, 2.45) is 0 Å². The van der Waals surface area contributed by atoms with Crippen LogP contribution in [0.1, 0.15) is 18.4 Å². The molecule has 0 unspecified atom stereocenters. The highest BCUT2D eigenvalue weighted by Gasteiger charge is 2.24. The van der Waals surface area contributed by atoms with Gasteiger partial charge in [-0.2, -0.15) is 0 Å². The molecule has 1 N–H and O–H groups in total. The minimum absolute atomic E-state index is 0.292. The number of benzene rings is 1. The number of sulfonamides is 1. The van der Waals surface area contributed by atoms with Crippen LogP contribution in [-0.4, -0.2) is 38.1 Å². The Labute approximate surface area is 130 Å². The summed E-state index contributed by atoms with van der Waals surface area (Å²) in [5, 5.41) is 4.70. The van der Waals surface area contributed by atoms with Crippen LogP contribution in [0.25, 0.3) is 0 Å². The predicted octanol–water partition coefficient (Wildman–Crippen LogP) is 2.51. The molecule has 0 atom stereocenters. The normalized spacial score (nSPS) is 18.4. The molecule has 1 fully saturated rings. The van der Waals surface area contributed by atoms with Crippen molar-refractivity contribution in [3.05, 3.63) is 33.8 Å². The predicted molar refractivity (Wildman–Crippen MR) is 82.7 cm³/mol. The van der Waals surface area contributed by atoms with Gasteiger partial charge in [0.15, 0.2) is 0 Å². The fourth-order valence-corrected chi connectivity index (χ4v) is 3.74. The van der Waals surface area contributed by atoms with Crippen LogP contribution in [0.4, 0.5) is 0 Å². The van der Waals surface area contributed by atoms with E-state index in [4.69, 9.17) is 23.2 Å². The quantitative estimate of drug-likeness (QED) is 0.918. The van der Waals surface area contributed by atoms with Crippen molar-refractivity contribution in [1.29, 1.82) is 0 Å². The van der Waals surface area contributed by atoms with E-state index in [1.165, 1.54) is 10.6 Å². The molecule has 1 aromatic rings. The molecule has 0 aliphatic carbocycles. The average Bonchev–Trinajstić information content (AvgIpc) is 2.37. The number of hydrogen-bond acceptors (Lipinski definition) is 3. The molecule has 0 spiro atoms. The van der Waals surface area contributed by atoms with Crippen LogP contribution >= 0.6 is 23.2 Å². The van der Waals surface area contributed by atoms with E-state index >= 15 is 0 Å². The summed E-state index contributed by atoms with van der Waals surface area (Å²) in [5.74, 6) is 0. The highest BCUT2D eigenvalue weighted by molar-refractivity contribution is 7.88. The first-order valence-corrected chi connectivity index (χ1v) is 9.10. The molecule has 1 saturated heterocycles. The summed E-state index contributed by atoms with van der Waals surface area (Å²) in [6.45, 7) is 1.72. The molecule has 2 rings (SSSR count). The Kier molecular flexibility index (Phi) is 5.31. The maximum Gasteiger partial charge on any atom is 0.211 e. The summed E-state index contributed by atoms with van der Waals surface area (Å²) < 4.78 is 24.4. The fourth-order valence-electron chi connectivity index (χ4n) is 2.34. The third-order valence-corrected chi connectivity index (χ3v) is 5.56. The second-order valence-corrected chi connectivity index (χ2v) is 7.81. The van der Waals surface area contributed by atoms with E-state index in [1.807, 2.05) is 18.2 Å². The minimum atomic E-state index is -3.07. The van der Waals surface area contributed by atoms with Crippen LogP contribution in [0.15, 0.2) is 18.2 Å². The standard InChI is InChI=1S/C13H18Cl2N2O2S/c1-20(18,19)17-7-5-10(6-8-17)16-9-11-12(14)3-2-4-13(11)15/h2-4,10,16H,5-9H2,1H3. The van der Waals surface area contributed by atoms with Gasteiger partial charge < -0.3 is 5.32 Å². The summed E-state index contributed by atoms with van der Waals surface area (Å²) in [6, 6.07) is 5.74. The third kappa shape index (κ3) is 4.09. The lowest BCUT2D eigenvalue weighted by Gasteiger charge is -2.30. The highest BCUT2D eigenvalue weighted by Crippen LogP contribution is 2.24. The Balaban J connectivity index is 1.88. The molecule has 20 heavy (non-hydrogen) atoms. The lowest BCUT2D eigenvalue weighted by molar-refractivity contribution is 0.290. The van der Waals surface area contributed by atoms with Gasteiger partial charge in [-0.3, -0.25) is 0 Å². The largest absolute Gasteiger partial charge is 0.310 e. The van der Waals surface area contributed by atoms with Crippen molar-refractivity contribution < 1.29 is 8.42 Å². The third-order valence-electron chi connectivity index (χ3n) is 3.55. The van der Waals surface area contributed by atoms with Crippen molar-refractivity contribution in [2.75, 3.05) is 19.3 Å². The Morgan fingerprint density at radius 2 is 1.80 bits per heavy atom. The number of piperidine rings is 1. The molecule has 0 bridgehead atoms. The van der Waals surface area contributed by atoms with Gasteiger partial charge in [-0.1, -0.05) is 29.3 Å². The van der Waals surface area contributed by atoms with Crippen molar-refractivity contribution in [1.82, 2.24) is 9.62 Å². The molecule has 0 saturated carbocycles. The second-order valence-electron chi connectivity index (χ2n) is 5.02. The van der Waals surface area contributed by atoms with Crippen LogP contribution in [0, 0.1) is 0 Å². The van der Waals surface area contributed by atoms with Gasteiger partial charge in [-0.05, 0) is 25.0 Å². The number of nitrogens with zero attached hydrogens (tertiary/aromatic N) is 1. The topological polar surface area (TPSA) is 49.4 Å². The first kappa shape index (κ1) is 16.0. The molecule has 1 heterocycles. The van der Waals surface area contributed by atoms with Crippen LogP contribution in [0.5, 0.6) is 0 Å². The zero-order valence-corrected chi connectivity index (χ0v) is 13.6. The van der Waals surface area contributed by atoms with Gasteiger partial charge in [0, 0.05) is 41.3 Å². The van der Waals surface area contributed by atoms with Crippen LogP contribution in [-0.2, 0) is 16.6 Å². The maximum atomic E-state index is 11.4. The fraction of sp³-hybridized carbons (Fsp3) is 0.538. The number of nitrogens with one attached hydrogen (secondary N) is 1. The molecule has 0 amide bonds. The zero-order valence-electron chi connectivity index (χ0n) is 11.3. The SMILES string of the molecule is CS(=O)(=O)N1CCC(NCc2c(Cl)cccc2Cl)CC1. The van der Waals surface area contributed by atoms with Gasteiger partial charge in [0.2, 0.25) is 10.0 Å². The van der Waals surface area contributed by atoms with E-state index in [0.29, 0.717) is 35.7 Å². The Morgan fingerprint density at radius 3 is 2.30 bits per heavy atom. The first-order chi connectivity index (χ1) is 9.38. The van der Waals surface area contributed by atoms with Crippen molar-refractivity contribution in [2.45, 2.75) is 25.4 Å². The van der Waals surface area contributed by atoms with E-state index in [2.05, 4.69) is 5.32 Å². The zero-order chi connectivity index (χ0) is 14.8. The summed E-state index contributed by atoms with van der Waals surface area (Å²) in [5.41, 5.74) is 0.890. The molecule has 112 valence electrons. The van der Waals surface area contributed by atoms with E-state index in [-0.39, 0.29) is 0 Å². The van der Waals surface area contributed by atoms with Gasteiger partial charge in [-0.25, -0.2) is 12.7 Å². The summed E-state index contributed by atoms with van der Waals surface area (Å²) in [4.78, 5) is 0. The summed E-state index contributed by atoms with van der Waals surface area (Å²) in [7, 11) is -3.07. The van der Waals surface area contributed by atoms with Gasteiger partial charge in [0.1, 0.15) is 0 Å². The number of hydrogen-bond donors (Lipinski definition) is 1. The number of halogens is 2. The summed E-state index contributed by atoms with van der Waals surface area (Å²) in [6.07, 6.45) is 2.86. The smallest absolute Gasteiger partial charge is 0.211 e. The molecule has 4 nitrogen and oxygen atoms in total. The van der Waals surface area contributed by atoms with Gasteiger partial charge >= 0.3 is 0 Å². The second kappa shape index (κ2) is 6.62. The molecule has 7 heteroatoms. The monoisotopic (exact) mass is 336 g/mol. The molecule has 1 aliphatic heterocycles. The van der Waals surface area contributed by atoms with E-state index in [9.17, 15) is 8.42 Å². The van der Waals surface area contributed by atoms with Gasteiger partial charge in [0.05, 0.1) is 6.26 Å². The highest BCUT2D eigenvalue weighted by atomic mass is 35.5. The number of rotatable bonds is 4. The minimum Gasteiger partial charge on any atom is -0.310 e. The van der Waals surface area contributed by atoms with E-state index in [0.717, 1.165) is 18.4 Å². The van der Waals surface area contributed by atoms with Crippen molar-refractivity contribution >= 4 is 33.2 Å². The van der Waals surface area contributed by atoms with E-state index in [1.54, 1.807) is 0 Å². The lowest BCUT2D eigenvalue weighted by atomic mass is 10.1. The van der Waals surface area contributed by atoms with Crippen LogP contribution < -0.4 is 5.32 Å². The molecule has 0 aromatic heterocycles. The molecule has 0 radical (unpaired) electrons. The van der Waals surface area contributed by atoms with Crippen LogP contribution in [0.2, 0.25) is 10.0 Å².